The molecular formula is C10H15NO4. The van der Waals surface area contributed by atoms with Crippen LogP contribution in [-0.4, -0.2) is 36.4 Å². The van der Waals surface area contributed by atoms with E-state index in [-0.39, 0.29) is 18.3 Å². The van der Waals surface area contributed by atoms with Gasteiger partial charge in [-0.2, -0.15) is 0 Å². The van der Waals surface area contributed by atoms with Gasteiger partial charge in [0.15, 0.2) is 0 Å². The number of carbonyl (C=O) groups excluding carboxylic acids is 1. The molecule has 0 atom stereocenters. The lowest BCUT2D eigenvalue weighted by Crippen LogP contribution is -2.56. The minimum atomic E-state index is -0.432. The first-order valence-corrected chi connectivity index (χ1v) is 5.14. The fourth-order valence-corrected chi connectivity index (χ4v) is 1.72. The van der Waals surface area contributed by atoms with E-state index in [4.69, 9.17) is 9.47 Å². The highest BCUT2D eigenvalue weighted by molar-refractivity contribution is 5.91. The van der Waals surface area contributed by atoms with E-state index in [1.54, 1.807) is 0 Å². The summed E-state index contributed by atoms with van der Waals surface area (Å²) in [5, 5.41) is 12.0. The smallest absolute Gasteiger partial charge is 0.290 e. The molecular weight excluding hydrogens is 198 g/mol. The van der Waals surface area contributed by atoms with Crippen LogP contribution in [0.15, 0.2) is 12.0 Å². The van der Waals surface area contributed by atoms with Gasteiger partial charge in [0.2, 0.25) is 5.76 Å². The SMILES string of the molecule is O=C(NC1(CO)CCC1)C1=COCCO1. The number of hydrogen-bond donors (Lipinski definition) is 2. The first-order chi connectivity index (χ1) is 7.26. The normalized spacial score (nSPS) is 22.9. The highest BCUT2D eigenvalue weighted by atomic mass is 16.6. The van der Waals surface area contributed by atoms with Gasteiger partial charge in [0.1, 0.15) is 19.5 Å². The van der Waals surface area contributed by atoms with Gasteiger partial charge < -0.3 is 19.9 Å². The van der Waals surface area contributed by atoms with Gasteiger partial charge in [0, 0.05) is 0 Å². The molecule has 1 saturated carbocycles. The van der Waals surface area contributed by atoms with E-state index in [9.17, 15) is 9.90 Å². The molecule has 15 heavy (non-hydrogen) atoms. The highest BCUT2D eigenvalue weighted by Crippen LogP contribution is 2.31. The van der Waals surface area contributed by atoms with Crippen molar-refractivity contribution in [2.75, 3.05) is 19.8 Å². The zero-order valence-electron chi connectivity index (χ0n) is 8.49. The van der Waals surface area contributed by atoms with Gasteiger partial charge in [-0.25, -0.2) is 0 Å². The molecule has 84 valence electrons. The molecule has 1 heterocycles. The maximum absolute atomic E-state index is 11.7. The van der Waals surface area contributed by atoms with Crippen LogP contribution in [0.3, 0.4) is 0 Å². The molecule has 1 aliphatic carbocycles. The van der Waals surface area contributed by atoms with Crippen molar-refractivity contribution in [3.63, 3.8) is 0 Å². The van der Waals surface area contributed by atoms with Gasteiger partial charge >= 0.3 is 0 Å². The van der Waals surface area contributed by atoms with E-state index in [1.807, 2.05) is 0 Å². The number of hydrogen-bond acceptors (Lipinski definition) is 4. The first kappa shape index (κ1) is 10.3. The lowest BCUT2D eigenvalue weighted by molar-refractivity contribution is -0.126. The molecule has 1 aliphatic heterocycles. The second-order valence-corrected chi connectivity index (χ2v) is 3.95. The lowest BCUT2D eigenvalue weighted by atomic mass is 9.77. The van der Waals surface area contributed by atoms with Crippen molar-refractivity contribution in [2.24, 2.45) is 0 Å². The number of rotatable bonds is 3. The van der Waals surface area contributed by atoms with Crippen LogP contribution in [0.1, 0.15) is 19.3 Å². The van der Waals surface area contributed by atoms with Gasteiger partial charge in [-0.05, 0) is 19.3 Å². The van der Waals surface area contributed by atoms with Crippen molar-refractivity contribution >= 4 is 5.91 Å². The van der Waals surface area contributed by atoms with Gasteiger partial charge in [-0.1, -0.05) is 0 Å². The summed E-state index contributed by atoms with van der Waals surface area (Å²) in [6, 6.07) is 0. The van der Waals surface area contributed by atoms with Crippen molar-refractivity contribution in [1.82, 2.24) is 5.32 Å². The standard InChI is InChI=1S/C10H15NO4/c12-7-10(2-1-3-10)11-9(13)8-6-14-4-5-15-8/h6,12H,1-5,7H2,(H,11,13). The third-order valence-electron chi connectivity index (χ3n) is 2.86. The molecule has 1 fully saturated rings. The molecule has 0 aromatic rings. The van der Waals surface area contributed by atoms with Crippen molar-refractivity contribution < 1.29 is 19.4 Å². The summed E-state index contributed by atoms with van der Waals surface area (Å²) in [6.07, 6.45) is 4.01. The molecule has 0 radical (unpaired) electrons. The Balaban J connectivity index is 1.93. The summed E-state index contributed by atoms with van der Waals surface area (Å²) < 4.78 is 10.1. The Kier molecular flexibility index (Phi) is 2.81. The fraction of sp³-hybridized carbons (Fsp3) is 0.700. The molecule has 0 bridgehead atoms. The Labute approximate surface area is 88.1 Å². The summed E-state index contributed by atoms with van der Waals surface area (Å²) in [5.74, 6) is -0.107. The Morgan fingerprint density at radius 1 is 1.53 bits per heavy atom. The lowest BCUT2D eigenvalue weighted by Gasteiger charge is -2.41. The zero-order valence-corrected chi connectivity index (χ0v) is 8.49. The summed E-state index contributed by atoms with van der Waals surface area (Å²) in [6.45, 7) is 0.847. The summed E-state index contributed by atoms with van der Waals surface area (Å²) >= 11 is 0. The molecule has 2 rings (SSSR count). The quantitative estimate of drug-likeness (QED) is 0.687. The topological polar surface area (TPSA) is 67.8 Å². The number of nitrogens with one attached hydrogen (secondary N) is 1. The van der Waals surface area contributed by atoms with E-state index >= 15 is 0 Å². The van der Waals surface area contributed by atoms with E-state index in [0.29, 0.717) is 13.2 Å². The van der Waals surface area contributed by atoms with Gasteiger partial charge in [-0.3, -0.25) is 4.79 Å². The van der Waals surface area contributed by atoms with Gasteiger partial charge in [0.05, 0.1) is 12.1 Å². The molecule has 0 aromatic heterocycles. The van der Waals surface area contributed by atoms with Crippen LogP contribution in [0.2, 0.25) is 0 Å². The third-order valence-corrected chi connectivity index (χ3v) is 2.86. The average Bonchev–Trinajstić information content (AvgIpc) is 2.24. The van der Waals surface area contributed by atoms with Crippen LogP contribution in [-0.2, 0) is 14.3 Å². The molecule has 0 aromatic carbocycles. The predicted molar refractivity (Wildman–Crippen MR) is 51.8 cm³/mol. The number of amides is 1. The Hall–Kier alpha value is -1.23. The van der Waals surface area contributed by atoms with Crippen LogP contribution < -0.4 is 5.32 Å². The molecule has 0 unspecified atom stereocenters. The van der Waals surface area contributed by atoms with Crippen LogP contribution >= 0.6 is 0 Å². The Morgan fingerprint density at radius 3 is 2.80 bits per heavy atom. The van der Waals surface area contributed by atoms with E-state index < -0.39 is 5.54 Å². The average molecular weight is 213 g/mol. The predicted octanol–water partition coefficient (Wildman–Crippen LogP) is -0.0942. The molecule has 5 nitrogen and oxygen atoms in total. The van der Waals surface area contributed by atoms with Crippen molar-refractivity contribution in [1.29, 1.82) is 0 Å². The maximum Gasteiger partial charge on any atom is 0.290 e. The minimum Gasteiger partial charge on any atom is -0.494 e. The molecule has 2 aliphatic rings. The Bertz CT molecular complexity index is 278. The first-order valence-electron chi connectivity index (χ1n) is 5.14. The van der Waals surface area contributed by atoms with Crippen LogP contribution in [0.5, 0.6) is 0 Å². The molecule has 1 amide bonds. The second kappa shape index (κ2) is 4.10. The van der Waals surface area contributed by atoms with Gasteiger partial charge in [-0.15, -0.1) is 0 Å². The van der Waals surface area contributed by atoms with Crippen LogP contribution in [0.25, 0.3) is 0 Å². The monoisotopic (exact) mass is 213 g/mol. The van der Waals surface area contributed by atoms with Crippen molar-refractivity contribution in [3.8, 4) is 0 Å². The minimum absolute atomic E-state index is 0.0210. The zero-order chi connectivity index (χ0) is 10.7. The number of aliphatic hydroxyl groups is 1. The summed E-state index contributed by atoms with van der Waals surface area (Å²) in [7, 11) is 0. The summed E-state index contributed by atoms with van der Waals surface area (Å²) in [4.78, 5) is 11.7. The van der Waals surface area contributed by atoms with Crippen molar-refractivity contribution in [3.05, 3.63) is 12.0 Å². The van der Waals surface area contributed by atoms with Gasteiger partial charge in [0.25, 0.3) is 5.91 Å². The summed E-state index contributed by atoms with van der Waals surface area (Å²) in [5.41, 5.74) is -0.432. The molecule has 5 heteroatoms. The van der Waals surface area contributed by atoms with Crippen LogP contribution in [0.4, 0.5) is 0 Å². The van der Waals surface area contributed by atoms with Crippen molar-refractivity contribution in [2.45, 2.75) is 24.8 Å². The number of carbonyl (C=O) groups is 1. The molecule has 0 spiro atoms. The third kappa shape index (κ3) is 2.07. The number of aliphatic hydroxyl groups excluding tert-OH is 1. The number of ether oxygens (including phenoxy) is 2. The Morgan fingerprint density at radius 2 is 2.33 bits per heavy atom. The molecule has 0 saturated heterocycles. The fourth-order valence-electron chi connectivity index (χ4n) is 1.72. The van der Waals surface area contributed by atoms with E-state index in [2.05, 4.69) is 5.32 Å². The highest BCUT2D eigenvalue weighted by Gasteiger charge is 2.38. The maximum atomic E-state index is 11.7. The second-order valence-electron chi connectivity index (χ2n) is 3.95. The van der Waals surface area contributed by atoms with E-state index in [0.717, 1.165) is 19.3 Å². The van der Waals surface area contributed by atoms with Crippen LogP contribution in [0, 0.1) is 0 Å². The largest absolute Gasteiger partial charge is 0.494 e. The van der Waals surface area contributed by atoms with E-state index in [1.165, 1.54) is 6.26 Å². The molecule has 2 N–H and O–H groups in total.